The van der Waals surface area contributed by atoms with Crippen molar-refractivity contribution in [2.45, 2.75) is 32.8 Å². The first kappa shape index (κ1) is 13.5. The fourth-order valence-electron chi connectivity index (χ4n) is 1.40. The maximum Gasteiger partial charge on any atom is 0.233 e. The lowest BCUT2D eigenvalue weighted by Gasteiger charge is -2.26. The van der Waals surface area contributed by atoms with Crippen molar-refractivity contribution in [1.82, 2.24) is 5.06 Å². The molecule has 94 valence electrons. The van der Waals surface area contributed by atoms with Crippen LogP contribution in [-0.2, 0) is 16.1 Å². The first-order chi connectivity index (χ1) is 7.90. The number of nitrogen functional groups attached to an aromatic ring is 1. The number of amides is 1. The van der Waals surface area contributed by atoms with Crippen LogP contribution in [0.1, 0.15) is 26.3 Å². The summed E-state index contributed by atoms with van der Waals surface area (Å²) in [6, 6.07) is 7.61. The zero-order chi connectivity index (χ0) is 12.9. The van der Waals surface area contributed by atoms with Gasteiger partial charge >= 0.3 is 0 Å². The molecule has 4 nitrogen and oxygen atoms in total. The molecule has 0 aliphatic rings. The topological polar surface area (TPSA) is 55.6 Å². The van der Waals surface area contributed by atoms with Gasteiger partial charge in [-0.3, -0.25) is 9.63 Å². The second kappa shape index (κ2) is 5.68. The maximum atomic E-state index is 10.8. The number of nitrogens with zero attached hydrogens (tertiary/aromatic N) is 1. The zero-order valence-electron chi connectivity index (χ0n) is 10.6. The molecule has 2 N–H and O–H groups in total. The van der Waals surface area contributed by atoms with Gasteiger partial charge in [-0.2, -0.15) is 0 Å². The van der Waals surface area contributed by atoms with Gasteiger partial charge in [0.1, 0.15) is 0 Å². The Hall–Kier alpha value is -1.55. The Balaban J connectivity index is 2.48. The van der Waals surface area contributed by atoms with Crippen LogP contribution in [-0.4, -0.2) is 23.6 Å². The predicted molar refractivity (Wildman–Crippen MR) is 68.2 cm³/mol. The fourth-order valence-corrected chi connectivity index (χ4v) is 1.40. The van der Waals surface area contributed by atoms with E-state index < -0.39 is 0 Å². The van der Waals surface area contributed by atoms with Gasteiger partial charge in [-0.15, -0.1) is 0 Å². The Morgan fingerprint density at radius 1 is 1.29 bits per heavy atom. The number of carbonyl (C=O) groups is 1. The molecule has 17 heavy (non-hydrogen) atoms. The molecule has 0 spiro atoms. The molecule has 0 saturated carbocycles. The van der Waals surface area contributed by atoms with E-state index in [1.165, 1.54) is 5.06 Å². The molecule has 0 unspecified atom stereocenters. The van der Waals surface area contributed by atoms with Crippen molar-refractivity contribution >= 4 is 12.1 Å². The molecule has 1 aromatic carbocycles. The third-order valence-corrected chi connectivity index (χ3v) is 2.11. The van der Waals surface area contributed by atoms with Gasteiger partial charge in [-0.1, -0.05) is 12.1 Å². The first-order valence-electron chi connectivity index (χ1n) is 5.66. The molecule has 0 saturated heterocycles. The van der Waals surface area contributed by atoms with E-state index in [1.807, 2.05) is 45.0 Å². The van der Waals surface area contributed by atoms with E-state index in [1.54, 1.807) is 0 Å². The van der Waals surface area contributed by atoms with Crippen LogP contribution in [0, 0.1) is 0 Å². The van der Waals surface area contributed by atoms with Gasteiger partial charge in [0.2, 0.25) is 6.41 Å². The summed E-state index contributed by atoms with van der Waals surface area (Å²) in [6.45, 7) is 6.26. The number of nitrogens with two attached hydrogens (primary N) is 1. The van der Waals surface area contributed by atoms with Crippen LogP contribution < -0.4 is 5.73 Å². The van der Waals surface area contributed by atoms with Crippen LogP contribution in [0.25, 0.3) is 0 Å². The lowest BCUT2D eigenvalue weighted by atomic mass is 10.1. The summed E-state index contributed by atoms with van der Waals surface area (Å²) in [4.78, 5) is 16.3. The van der Waals surface area contributed by atoms with Crippen molar-refractivity contribution in [1.29, 1.82) is 0 Å². The largest absolute Gasteiger partial charge is 0.399 e. The van der Waals surface area contributed by atoms with Crippen LogP contribution in [0.5, 0.6) is 0 Å². The number of hydroxylamine groups is 2. The summed E-state index contributed by atoms with van der Waals surface area (Å²) in [7, 11) is 0. The fraction of sp³-hybridized carbons (Fsp3) is 0.462. The number of benzene rings is 1. The first-order valence-corrected chi connectivity index (χ1v) is 5.66. The van der Waals surface area contributed by atoms with Gasteiger partial charge in [-0.05, 0) is 44.9 Å². The third kappa shape index (κ3) is 5.36. The minimum atomic E-state index is -0.359. The quantitative estimate of drug-likeness (QED) is 0.483. The molecule has 1 amide bonds. The number of rotatable bonds is 5. The monoisotopic (exact) mass is 236 g/mol. The molecule has 1 aromatic rings. The molecule has 0 aromatic heterocycles. The average Bonchev–Trinajstić information content (AvgIpc) is 2.25. The molecule has 0 fully saturated rings. The summed E-state index contributed by atoms with van der Waals surface area (Å²) in [5.74, 6) is 0. The zero-order valence-corrected chi connectivity index (χ0v) is 10.6. The van der Waals surface area contributed by atoms with Crippen LogP contribution in [0.3, 0.4) is 0 Å². The van der Waals surface area contributed by atoms with Crippen molar-refractivity contribution < 1.29 is 9.63 Å². The summed E-state index contributed by atoms with van der Waals surface area (Å²) in [5.41, 5.74) is 7.11. The normalized spacial score (nSPS) is 11.2. The van der Waals surface area contributed by atoms with E-state index in [0.717, 1.165) is 17.7 Å². The summed E-state index contributed by atoms with van der Waals surface area (Å²) < 4.78 is 0. The van der Waals surface area contributed by atoms with Crippen molar-refractivity contribution in [3.63, 3.8) is 0 Å². The van der Waals surface area contributed by atoms with E-state index in [2.05, 4.69) is 0 Å². The molecular formula is C13H20N2O2. The molecule has 1 rings (SSSR count). The van der Waals surface area contributed by atoms with Gasteiger partial charge in [0.15, 0.2) is 0 Å². The third-order valence-electron chi connectivity index (χ3n) is 2.11. The highest BCUT2D eigenvalue weighted by atomic mass is 16.7. The second-order valence-corrected chi connectivity index (χ2v) is 4.94. The van der Waals surface area contributed by atoms with Gasteiger partial charge in [0.25, 0.3) is 0 Å². The number of carbonyl (C=O) groups excluding carboxylic acids is 1. The van der Waals surface area contributed by atoms with Crippen LogP contribution >= 0.6 is 0 Å². The van der Waals surface area contributed by atoms with Crippen molar-refractivity contribution in [2.75, 3.05) is 12.3 Å². The van der Waals surface area contributed by atoms with Crippen LogP contribution in [0.4, 0.5) is 5.69 Å². The van der Waals surface area contributed by atoms with Crippen molar-refractivity contribution in [2.24, 2.45) is 0 Å². The van der Waals surface area contributed by atoms with Gasteiger partial charge in [-0.25, -0.2) is 5.06 Å². The van der Waals surface area contributed by atoms with Gasteiger partial charge < -0.3 is 5.73 Å². The van der Waals surface area contributed by atoms with Crippen molar-refractivity contribution in [3.8, 4) is 0 Å². The lowest BCUT2D eigenvalue weighted by Crippen LogP contribution is -2.34. The molecule has 0 aliphatic heterocycles. The molecule has 0 radical (unpaired) electrons. The van der Waals surface area contributed by atoms with E-state index in [4.69, 9.17) is 10.6 Å². The summed E-state index contributed by atoms with van der Waals surface area (Å²) in [5, 5.41) is 1.33. The Bertz CT molecular complexity index is 355. The van der Waals surface area contributed by atoms with Gasteiger partial charge in [0.05, 0.1) is 12.1 Å². The highest BCUT2D eigenvalue weighted by Gasteiger charge is 2.15. The minimum Gasteiger partial charge on any atom is -0.399 e. The molecular weight excluding hydrogens is 216 g/mol. The Morgan fingerprint density at radius 2 is 1.88 bits per heavy atom. The Labute approximate surface area is 102 Å². The SMILES string of the molecule is CC(C)(C)ON(C=O)CCc1ccc(N)cc1. The van der Waals surface area contributed by atoms with Crippen molar-refractivity contribution in [3.05, 3.63) is 29.8 Å². The number of hydrogen-bond acceptors (Lipinski definition) is 3. The smallest absolute Gasteiger partial charge is 0.233 e. The van der Waals surface area contributed by atoms with Gasteiger partial charge in [0, 0.05) is 5.69 Å². The number of hydrogen-bond donors (Lipinski definition) is 1. The second-order valence-electron chi connectivity index (χ2n) is 4.94. The molecule has 0 aliphatic carbocycles. The lowest BCUT2D eigenvalue weighted by molar-refractivity contribution is -0.215. The molecule has 0 heterocycles. The minimum absolute atomic E-state index is 0.359. The van der Waals surface area contributed by atoms with Crippen LogP contribution in [0.2, 0.25) is 0 Å². The standard InChI is InChI=1S/C13H20N2O2/c1-13(2,3)17-15(10-16)9-8-11-4-6-12(14)7-5-11/h4-7,10H,8-9,14H2,1-3H3. The number of anilines is 1. The van der Waals surface area contributed by atoms with Crippen LogP contribution in [0.15, 0.2) is 24.3 Å². The van der Waals surface area contributed by atoms with E-state index >= 15 is 0 Å². The Morgan fingerprint density at radius 3 is 2.35 bits per heavy atom. The molecule has 4 heteroatoms. The summed E-state index contributed by atoms with van der Waals surface area (Å²) >= 11 is 0. The highest BCUT2D eigenvalue weighted by molar-refractivity contribution is 5.45. The van der Waals surface area contributed by atoms with E-state index in [9.17, 15) is 4.79 Å². The molecule has 0 bridgehead atoms. The Kier molecular flexibility index (Phi) is 4.52. The van der Waals surface area contributed by atoms with E-state index in [-0.39, 0.29) is 5.60 Å². The predicted octanol–water partition coefficient (Wildman–Crippen LogP) is 2.00. The maximum absolute atomic E-state index is 10.8. The average molecular weight is 236 g/mol. The highest BCUT2D eigenvalue weighted by Crippen LogP contribution is 2.11. The van der Waals surface area contributed by atoms with E-state index in [0.29, 0.717) is 13.0 Å². The summed E-state index contributed by atoms with van der Waals surface area (Å²) in [6.07, 6.45) is 1.46. The molecule has 0 atom stereocenters.